The van der Waals surface area contributed by atoms with Crippen molar-refractivity contribution in [3.63, 3.8) is 0 Å². The molecule has 0 radical (unpaired) electrons. The maximum absolute atomic E-state index is 15.0. The van der Waals surface area contributed by atoms with Crippen molar-refractivity contribution in [3.05, 3.63) is 41.5 Å². The average Bonchev–Trinajstić information content (AvgIpc) is 3.49. The Morgan fingerprint density at radius 1 is 1.00 bits per heavy atom. The fourth-order valence-electron chi connectivity index (χ4n) is 5.52. The lowest BCUT2D eigenvalue weighted by molar-refractivity contribution is 0.0588. The van der Waals surface area contributed by atoms with Gasteiger partial charge in [-0.2, -0.15) is 0 Å². The Labute approximate surface area is 183 Å². The normalized spacial score (nSPS) is 25.1. The molecule has 0 spiro atoms. The van der Waals surface area contributed by atoms with Crippen molar-refractivity contribution in [2.45, 2.75) is 69.7 Å². The van der Waals surface area contributed by atoms with E-state index in [-0.39, 0.29) is 18.0 Å². The van der Waals surface area contributed by atoms with Gasteiger partial charge in [0.2, 0.25) is 0 Å². The lowest BCUT2D eigenvalue weighted by Gasteiger charge is -2.43. The topological polar surface area (TPSA) is 59.3 Å². The second-order valence-corrected chi connectivity index (χ2v) is 9.14. The van der Waals surface area contributed by atoms with Gasteiger partial charge in [0.1, 0.15) is 11.9 Å². The van der Waals surface area contributed by atoms with Gasteiger partial charge in [-0.1, -0.05) is 37.5 Å². The highest BCUT2D eigenvalue weighted by molar-refractivity contribution is 5.26. The first-order valence-electron chi connectivity index (χ1n) is 11.9. The molecule has 1 aromatic carbocycles. The molecular weight excluding hydrogens is 395 g/mol. The number of nitrogens with zero attached hydrogens (tertiary/aromatic N) is 6. The third-order valence-electron chi connectivity index (χ3n) is 7.21. The minimum atomic E-state index is -0.286. The van der Waals surface area contributed by atoms with E-state index in [0.29, 0.717) is 24.0 Å². The Kier molecular flexibility index (Phi) is 6.57. The smallest absolute Gasteiger partial charge is 0.173 e. The first-order chi connectivity index (χ1) is 15.3. The van der Waals surface area contributed by atoms with Gasteiger partial charge in [0, 0.05) is 44.4 Å². The summed E-state index contributed by atoms with van der Waals surface area (Å²) in [5.41, 5.74) is 0.650. The molecule has 2 aliphatic heterocycles. The highest BCUT2D eigenvalue weighted by Gasteiger charge is 2.34. The number of hydrogen-bond donors (Lipinski definition) is 0. The predicted molar refractivity (Wildman–Crippen MR) is 115 cm³/mol. The summed E-state index contributed by atoms with van der Waals surface area (Å²) in [7, 11) is 0. The molecule has 31 heavy (non-hydrogen) atoms. The van der Waals surface area contributed by atoms with Gasteiger partial charge in [0.25, 0.3) is 0 Å². The Morgan fingerprint density at radius 2 is 1.81 bits per heavy atom. The number of rotatable bonds is 6. The van der Waals surface area contributed by atoms with Gasteiger partial charge < -0.3 is 4.74 Å². The summed E-state index contributed by atoms with van der Waals surface area (Å²) < 4.78 is 22.6. The van der Waals surface area contributed by atoms with Gasteiger partial charge in [-0.15, -0.1) is 5.10 Å². The van der Waals surface area contributed by atoms with Crippen LogP contribution in [0, 0.1) is 5.82 Å². The largest absolute Gasteiger partial charge is 0.376 e. The number of ether oxygens (including phenoxy) is 1. The molecule has 3 aliphatic rings. The van der Waals surface area contributed by atoms with Crippen LogP contribution in [0.2, 0.25) is 0 Å². The van der Waals surface area contributed by atoms with Crippen molar-refractivity contribution in [2.75, 3.05) is 32.8 Å². The van der Waals surface area contributed by atoms with E-state index in [1.807, 2.05) is 16.8 Å². The summed E-state index contributed by atoms with van der Waals surface area (Å²) in [6.45, 7) is 5.23. The van der Waals surface area contributed by atoms with E-state index in [1.165, 1.54) is 38.2 Å². The quantitative estimate of drug-likeness (QED) is 0.705. The van der Waals surface area contributed by atoms with Crippen LogP contribution < -0.4 is 0 Å². The van der Waals surface area contributed by atoms with Crippen molar-refractivity contribution in [3.8, 4) is 0 Å². The van der Waals surface area contributed by atoms with Crippen LogP contribution in [-0.4, -0.2) is 74.9 Å². The Morgan fingerprint density at radius 3 is 2.55 bits per heavy atom. The molecule has 0 amide bonds. The molecule has 2 atom stereocenters. The first kappa shape index (κ1) is 21.0. The molecule has 2 saturated heterocycles. The summed E-state index contributed by atoms with van der Waals surface area (Å²) in [6, 6.07) is 7.48. The van der Waals surface area contributed by atoms with E-state index in [9.17, 15) is 4.39 Å². The third-order valence-corrected chi connectivity index (χ3v) is 7.21. The zero-order valence-corrected chi connectivity index (χ0v) is 18.2. The van der Waals surface area contributed by atoms with E-state index >= 15 is 0 Å². The Hall–Kier alpha value is -1.90. The molecule has 0 unspecified atom stereocenters. The summed E-state index contributed by atoms with van der Waals surface area (Å²) in [5.74, 6) is 0.514. The maximum atomic E-state index is 15.0. The summed E-state index contributed by atoms with van der Waals surface area (Å²) in [4.78, 5) is 5.00. The summed E-state index contributed by atoms with van der Waals surface area (Å²) in [5, 5.41) is 12.6. The van der Waals surface area contributed by atoms with Crippen LogP contribution in [0.1, 0.15) is 62.4 Å². The highest BCUT2D eigenvalue weighted by Crippen LogP contribution is 2.32. The summed E-state index contributed by atoms with van der Waals surface area (Å²) in [6.07, 6.45) is 8.92. The van der Waals surface area contributed by atoms with Crippen LogP contribution in [0.25, 0.3) is 0 Å². The fourth-order valence-corrected chi connectivity index (χ4v) is 5.52. The van der Waals surface area contributed by atoms with E-state index < -0.39 is 0 Å². The van der Waals surface area contributed by atoms with Crippen molar-refractivity contribution in [1.82, 2.24) is 30.0 Å². The minimum Gasteiger partial charge on any atom is -0.376 e. The van der Waals surface area contributed by atoms with Gasteiger partial charge in [0.15, 0.2) is 5.82 Å². The number of tetrazole rings is 1. The van der Waals surface area contributed by atoms with Crippen molar-refractivity contribution in [1.29, 1.82) is 0 Å². The average molecular weight is 429 g/mol. The molecule has 5 rings (SSSR count). The number of hydrogen-bond acceptors (Lipinski definition) is 6. The molecule has 7 nitrogen and oxygen atoms in total. The highest BCUT2D eigenvalue weighted by atomic mass is 19.1. The minimum absolute atomic E-state index is 0.131. The molecule has 1 aliphatic carbocycles. The number of halogens is 1. The Bertz CT molecular complexity index is 840. The second-order valence-electron chi connectivity index (χ2n) is 9.14. The predicted octanol–water partition coefficient (Wildman–Crippen LogP) is 3.03. The molecular formula is C23H33FN6O. The molecule has 8 heteroatoms. The number of piperazine rings is 1. The standard InChI is InChI=1S/C23H33FN6O/c24-21-11-5-4-10-20(21)22(23-25-26-27-30(23)17-19-9-6-16-31-19)29-14-12-28(13-15-29)18-7-2-1-3-8-18/h4-5,10-11,18-19,22H,1-3,6-9,12-17H2/t19-,22+/m1/s1. The van der Waals surface area contributed by atoms with Crippen LogP contribution in [0.3, 0.4) is 0 Å². The van der Waals surface area contributed by atoms with E-state index in [4.69, 9.17) is 4.74 Å². The van der Waals surface area contributed by atoms with Crippen molar-refractivity contribution in [2.24, 2.45) is 0 Å². The van der Waals surface area contributed by atoms with Gasteiger partial charge >= 0.3 is 0 Å². The Balaban J connectivity index is 1.38. The van der Waals surface area contributed by atoms with E-state index in [2.05, 4.69) is 25.3 Å². The zero-order chi connectivity index (χ0) is 21.0. The first-order valence-corrected chi connectivity index (χ1v) is 11.9. The number of benzene rings is 1. The van der Waals surface area contributed by atoms with Crippen LogP contribution in [0.5, 0.6) is 0 Å². The van der Waals surface area contributed by atoms with Crippen molar-refractivity contribution < 1.29 is 9.13 Å². The molecule has 2 aromatic rings. The van der Waals surface area contributed by atoms with Crippen molar-refractivity contribution >= 4 is 0 Å². The van der Waals surface area contributed by atoms with E-state index in [1.54, 1.807) is 6.07 Å². The molecule has 3 heterocycles. The SMILES string of the molecule is Fc1ccccc1[C@@H](c1nnnn1C[C@H]1CCCO1)N1CCN(C2CCCCC2)CC1. The van der Waals surface area contributed by atoms with Crippen LogP contribution in [0.4, 0.5) is 4.39 Å². The molecule has 1 saturated carbocycles. The second kappa shape index (κ2) is 9.71. The summed E-state index contributed by atoms with van der Waals surface area (Å²) >= 11 is 0. The van der Waals surface area contributed by atoms with Crippen LogP contribution in [0.15, 0.2) is 24.3 Å². The van der Waals surface area contributed by atoms with Gasteiger partial charge in [-0.25, -0.2) is 9.07 Å². The third kappa shape index (κ3) is 4.66. The van der Waals surface area contributed by atoms with Gasteiger partial charge in [-0.3, -0.25) is 9.80 Å². The van der Waals surface area contributed by atoms with Gasteiger partial charge in [-0.05, 0) is 42.2 Å². The molecule has 3 fully saturated rings. The fraction of sp³-hybridized carbons (Fsp3) is 0.696. The molecule has 1 aromatic heterocycles. The lowest BCUT2D eigenvalue weighted by atomic mass is 9.93. The monoisotopic (exact) mass is 428 g/mol. The maximum Gasteiger partial charge on any atom is 0.173 e. The van der Waals surface area contributed by atoms with Gasteiger partial charge in [0.05, 0.1) is 12.6 Å². The molecule has 0 N–H and O–H groups in total. The van der Waals surface area contributed by atoms with Crippen LogP contribution in [-0.2, 0) is 11.3 Å². The molecule has 0 bridgehead atoms. The van der Waals surface area contributed by atoms with Crippen LogP contribution >= 0.6 is 0 Å². The molecule has 168 valence electrons. The number of aromatic nitrogens is 4. The lowest BCUT2D eigenvalue weighted by Crippen LogP contribution is -2.52. The van der Waals surface area contributed by atoms with E-state index in [0.717, 1.165) is 45.6 Å². The zero-order valence-electron chi connectivity index (χ0n) is 18.2.